The lowest BCUT2D eigenvalue weighted by atomic mass is 10.3. The Morgan fingerprint density at radius 1 is 1.75 bits per heavy atom. The lowest BCUT2D eigenvalue weighted by Gasteiger charge is -2.19. The van der Waals surface area contributed by atoms with Crippen molar-refractivity contribution < 1.29 is 9.32 Å². The fraction of sp³-hybridized carbons (Fsp3) is 0.545. The predicted molar refractivity (Wildman–Crippen MR) is 55.5 cm³/mol. The minimum Gasteiger partial charge on any atom is -0.361 e. The summed E-state index contributed by atoms with van der Waals surface area (Å²) >= 11 is 0. The number of aryl methyl sites for hydroxylation is 1. The van der Waals surface area contributed by atoms with E-state index in [2.05, 4.69) is 11.2 Å². The molecule has 84 valence electrons. The highest BCUT2D eigenvalue weighted by Gasteiger charge is 2.33. The van der Waals surface area contributed by atoms with Crippen molar-refractivity contribution in [2.24, 2.45) is 0 Å². The molecule has 0 bridgehead atoms. The summed E-state index contributed by atoms with van der Waals surface area (Å²) in [6, 6.07) is 3.97. The van der Waals surface area contributed by atoms with Gasteiger partial charge >= 0.3 is 0 Å². The van der Waals surface area contributed by atoms with E-state index in [0.717, 1.165) is 12.8 Å². The topological polar surface area (TPSA) is 70.1 Å². The van der Waals surface area contributed by atoms with Crippen LogP contribution < -0.4 is 0 Å². The van der Waals surface area contributed by atoms with E-state index in [1.165, 1.54) is 0 Å². The van der Waals surface area contributed by atoms with Crippen LogP contribution >= 0.6 is 0 Å². The predicted octanol–water partition coefficient (Wildman–Crippen LogP) is 1.50. The number of amides is 1. The number of aromatic nitrogens is 1. The zero-order valence-corrected chi connectivity index (χ0v) is 9.14. The third kappa shape index (κ3) is 2.22. The Morgan fingerprint density at radius 2 is 2.50 bits per heavy atom. The first kappa shape index (κ1) is 10.7. The van der Waals surface area contributed by atoms with E-state index in [1.807, 2.05) is 0 Å². The largest absolute Gasteiger partial charge is 0.361 e. The van der Waals surface area contributed by atoms with Gasteiger partial charge in [0.1, 0.15) is 5.76 Å². The number of nitriles is 1. The number of rotatable bonds is 4. The smallest absolute Gasteiger partial charge is 0.276 e. The molecule has 0 aliphatic heterocycles. The summed E-state index contributed by atoms with van der Waals surface area (Å²) in [6.45, 7) is 2.23. The first-order valence-electron chi connectivity index (χ1n) is 5.33. The minimum absolute atomic E-state index is 0.130. The van der Waals surface area contributed by atoms with Gasteiger partial charge in [0.15, 0.2) is 5.69 Å². The van der Waals surface area contributed by atoms with Gasteiger partial charge in [-0.3, -0.25) is 4.79 Å². The molecule has 0 unspecified atom stereocenters. The van der Waals surface area contributed by atoms with E-state index in [-0.39, 0.29) is 11.9 Å². The van der Waals surface area contributed by atoms with E-state index in [0.29, 0.717) is 24.4 Å². The second kappa shape index (κ2) is 4.35. The molecule has 2 rings (SSSR count). The van der Waals surface area contributed by atoms with E-state index >= 15 is 0 Å². The number of carbonyl (C=O) groups is 1. The van der Waals surface area contributed by atoms with Gasteiger partial charge in [-0.05, 0) is 19.8 Å². The molecule has 0 aromatic carbocycles. The van der Waals surface area contributed by atoms with Gasteiger partial charge in [0.25, 0.3) is 5.91 Å². The van der Waals surface area contributed by atoms with Crippen molar-refractivity contribution in [1.82, 2.24) is 10.1 Å². The fourth-order valence-corrected chi connectivity index (χ4v) is 1.62. The van der Waals surface area contributed by atoms with Crippen LogP contribution in [0, 0.1) is 18.3 Å². The summed E-state index contributed by atoms with van der Waals surface area (Å²) in [5, 5.41) is 12.3. The van der Waals surface area contributed by atoms with Crippen molar-refractivity contribution in [1.29, 1.82) is 5.26 Å². The number of hydrogen-bond acceptors (Lipinski definition) is 4. The van der Waals surface area contributed by atoms with E-state index in [1.54, 1.807) is 17.9 Å². The third-order valence-corrected chi connectivity index (χ3v) is 2.56. The maximum absolute atomic E-state index is 12.0. The summed E-state index contributed by atoms with van der Waals surface area (Å²) < 4.78 is 4.88. The Labute approximate surface area is 93.6 Å². The van der Waals surface area contributed by atoms with Crippen molar-refractivity contribution in [3.63, 3.8) is 0 Å². The van der Waals surface area contributed by atoms with Crippen molar-refractivity contribution in [2.45, 2.75) is 32.2 Å². The van der Waals surface area contributed by atoms with Crippen LogP contribution in [0.1, 0.15) is 35.5 Å². The lowest BCUT2D eigenvalue weighted by molar-refractivity contribution is 0.0736. The highest BCUT2D eigenvalue weighted by molar-refractivity contribution is 5.92. The van der Waals surface area contributed by atoms with Crippen molar-refractivity contribution in [2.75, 3.05) is 6.54 Å². The van der Waals surface area contributed by atoms with Gasteiger partial charge in [0.05, 0.1) is 12.5 Å². The highest BCUT2D eigenvalue weighted by atomic mass is 16.5. The summed E-state index contributed by atoms with van der Waals surface area (Å²) in [7, 11) is 0. The molecule has 16 heavy (non-hydrogen) atoms. The molecule has 1 heterocycles. The second-order valence-corrected chi connectivity index (χ2v) is 3.96. The maximum Gasteiger partial charge on any atom is 0.276 e. The van der Waals surface area contributed by atoms with Crippen LogP contribution in [0.4, 0.5) is 0 Å². The van der Waals surface area contributed by atoms with Crippen LogP contribution in [0.25, 0.3) is 0 Å². The maximum atomic E-state index is 12.0. The second-order valence-electron chi connectivity index (χ2n) is 3.96. The van der Waals surface area contributed by atoms with E-state index in [9.17, 15) is 4.79 Å². The standard InChI is InChI=1S/C11H13N3O2/c1-8-7-10(13-16-8)11(15)14(6-2-5-12)9-3-4-9/h7,9H,2-4,6H2,1H3. The normalized spacial score (nSPS) is 14.5. The van der Waals surface area contributed by atoms with Gasteiger partial charge in [-0.25, -0.2) is 0 Å². The van der Waals surface area contributed by atoms with Crippen LogP contribution in [0.15, 0.2) is 10.6 Å². The fourth-order valence-electron chi connectivity index (χ4n) is 1.62. The van der Waals surface area contributed by atoms with Gasteiger partial charge in [-0.2, -0.15) is 5.26 Å². The highest BCUT2D eigenvalue weighted by Crippen LogP contribution is 2.28. The average molecular weight is 219 g/mol. The Balaban J connectivity index is 2.08. The zero-order valence-electron chi connectivity index (χ0n) is 9.14. The molecule has 1 aromatic rings. The van der Waals surface area contributed by atoms with Gasteiger partial charge < -0.3 is 9.42 Å². The van der Waals surface area contributed by atoms with E-state index < -0.39 is 0 Å². The first-order chi connectivity index (χ1) is 7.72. The monoisotopic (exact) mass is 219 g/mol. The molecule has 1 aromatic heterocycles. The Bertz CT molecular complexity index is 429. The van der Waals surface area contributed by atoms with E-state index in [4.69, 9.17) is 9.78 Å². The molecule has 1 aliphatic rings. The molecule has 0 radical (unpaired) electrons. The van der Waals surface area contributed by atoms with Crippen LogP contribution in [-0.2, 0) is 0 Å². The molecular formula is C11H13N3O2. The quantitative estimate of drug-likeness (QED) is 0.769. The van der Waals surface area contributed by atoms with Crippen LogP contribution in [0.5, 0.6) is 0 Å². The Hall–Kier alpha value is -1.83. The molecule has 5 nitrogen and oxygen atoms in total. The summed E-state index contributed by atoms with van der Waals surface area (Å²) in [6.07, 6.45) is 2.40. The Morgan fingerprint density at radius 3 is 3.00 bits per heavy atom. The van der Waals surface area contributed by atoms with Gasteiger partial charge in [-0.15, -0.1) is 0 Å². The Kier molecular flexibility index (Phi) is 2.91. The van der Waals surface area contributed by atoms with Crippen molar-refractivity contribution >= 4 is 5.91 Å². The number of hydrogen-bond donors (Lipinski definition) is 0. The van der Waals surface area contributed by atoms with Crippen molar-refractivity contribution in [3.05, 3.63) is 17.5 Å². The lowest BCUT2D eigenvalue weighted by Crippen LogP contribution is -2.34. The van der Waals surface area contributed by atoms with Crippen molar-refractivity contribution in [3.8, 4) is 6.07 Å². The molecule has 0 spiro atoms. The molecule has 0 atom stereocenters. The first-order valence-corrected chi connectivity index (χ1v) is 5.33. The molecule has 5 heteroatoms. The summed E-state index contributed by atoms with van der Waals surface area (Å²) in [4.78, 5) is 13.8. The molecule has 1 aliphatic carbocycles. The van der Waals surface area contributed by atoms with Gasteiger partial charge in [0, 0.05) is 18.7 Å². The van der Waals surface area contributed by atoms with Crippen LogP contribution in [-0.4, -0.2) is 28.6 Å². The van der Waals surface area contributed by atoms with Gasteiger partial charge in [0.2, 0.25) is 0 Å². The van der Waals surface area contributed by atoms with Gasteiger partial charge in [-0.1, -0.05) is 5.16 Å². The molecule has 0 N–H and O–H groups in total. The zero-order chi connectivity index (χ0) is 11.5. The molecule has 0 saturated heterocycles. The molecule has 1 fully saturated rings. The third-order valence-electron chi connectivity index (χ3n) is 2.56. The average Bonchev–Trinajstić information content (AvgIpc) is 3.01. The number of carbonyl (C=O) groups excluding carboxylic acids is 1. The minimum atomic E-state index is -0.130. The number of nitrogens with zero attached hydrogens (tertiary/aromatic N) is 3. The van der Waals surface area contributed by atoms with Crippen LogP contribution in [0.2, 0.25) is 0 Å². The molecule has 1 amide bonds. The SMILES string of the molecule is Cc1cc(C(=O)N(CCC#N)C2CC2)no1. The summed E-state index contributed by atoms with van der Waals surface area (Å²) in [5.74, 6) is 0.494. The summed E-state index contributed by atoms with van der Waals surface area (Å²) in [5.41, 5.74) is 0.335. The molecular weight excluding hydrogens is 206 g/mol. The molecule has 1 saturated carbocycles. The van der Waals surface area contributed by atoms with Crippen LogP contribution in [0.3, 0.4) is 0 Å².